The van der Waals surface area contributed by atoms with Crippen LogP contribution in [-0.4, -0.2) is 5.78 Å². The van der Waals surface area contributed by atoms with Gasteiger partial charge in [-0.25, -0.2) is 0 Å². The van der Waals surface area contributed by atoms with E-state index in [2.05, 4.69) is 6.08 Å². The number of hydrogen-bond acceptors (Lipinski definition) is 1. The summed E-state index contributed by atoms with van der Waals surface area (Å²) in [5.41, 5.74) is 0. The molecule has 0 spiro atoms. The Morgan fingerprint density at radius 3 is 3.00 bits per heavy atom. The Labute approximate surface area is 67.8 Å². The van der Waals surface area contributed by atoms with Gasteiger partial charge in [-0.1, -0.05) is 18.2 Å². The molecular weight excluding hydrogens is 136 g/mol. The highest BCUT2D eigenvalue weighted by molar-refractivity contribution is 5.92. The fourth-order valence-electron chi connectivity index (χ4n) is 1.34. The third-order valence-corrected chi connectivity index (χ3v) is 1.95. The molecule has 1 atom stereocenters. The monoisotopic (exact) mass is 150 g/mol. The van der Waals surface area contributed by atoms with Crippen LogP contribution in [0.15, 0.2) is 24.3 Å². The summed E-state index contributed by atoms with van der Waals surface area (Å²) in [5, 5.41) is 0. The fraction of sp³-hybridized carbons (Fsp3) is 0.500. The molecule has 0 unspecified atom stereocenters. The van der Waals surface area contributed by atoms with Crippen LogP contribution in [0.25, 0.3) is 0 Å². The van der Waals surface area contributed by atoms with Crippen molar-refractivity contribution in [3.8, 4) is 0 Å². The van der Waals surface area contributed by atoms with E-state index in [0.717, 1.165) is 19.3 Å². The van der Waals surface area contributed by atoms with Crippen LogP contribution in [0, 0.1) is 5.92 Å². The Kier molecular flexibility index (Phi) is 3.09. The standard InChI is InChI=1S/C10H14O/c1-2-6-10(11)9-7-4-3-5-8-9/h2,4,6-7,9H,3,5,8H2,1H3/b6-2+/t9-/m1/s1. The van der Waals surface area contributed by atoms with Gasteiger partial charge >= 0.3 is 0 Å². The Bertz CT molecular complexity index is 189. The summed E-state index contributed by atoms with van der Waals surface area (Å²) >= 11 is 0. The summed E-state index contributed by atoms with van der Waals surface area (Å²) in [6.45, 7) is 1.88. The van der Waals surface area contributed by atoms with Gasteiger partial charge in [-0.3, -0.25) is 4.79 Å². The van der Waals surface area contributed by atoms with Crippen molar-refractivity contribution in [2.75, 3.05) is 0 Å². The van der Waals surface area contributed by atoms with Crippen molar-refractivity contribution in [3.63, 3.8) is 0 Å². The summed E-state index contributed by atoms with van der Waals surface area (Å²) in [4.78, 5) is 11.3. The molecular formula is C10H14O. The number of ketones is 1. The van der Waals surface area contributed by atoms with Crippen molar-refractivity contribution >= 4 is 5.78 Å². The van der Waals surface area contributed by atoms with Crippen molar-refractivity contribution in [2.24, 2.45) is 5.92 Å². The Balaban J connectivity index is 2.52. The van der Waals surface area contributed by atoms with Gasteiger partial charge in [0, 0.05) is 5.92 Å². The van der Waals surface area contributed by atoms with Gasteiger partial charge in [0.2, 0.25) is 0 Å². The van der Waals surface area contributed by atoms with Crippen LogP contribution >= 0.6 is 0 Å². The van der Waals surface area contributed by atoms with Gasteiger partial charge in [0.15, 0.2) is 5.78 Å². The summed E-state index contributed by atoms with van der Waals surface area (Å²) in [5.74, 6) is 0.420. The second-order valence-corrected chi connectivity index (χ2v) is 2.87. The van der Waals surface area contributed by atoms with Crippen molar-refractivity contribution in [1.82, 2.24) is 0 Å². The van der Waals surface area contributed by atoms with E-state index in [4.69, 9.17) is 0 Å². The molecule has 0 saturated heterocycles. The van der Waals surface area contributed by atoms with Gasteiger partial charge in [0.25, 0.3) is 0 Å². The predicted molar refractivity (Wildman–Crippen MR) is 46.3 cm³/mol. The van der Waals surface area contributed by atoms with Crippen LogP contribution in [-0.2, 0) is 4.79 Å². The first-order valence-corrected chi connectivity index (χ1v) is 4.18. The highest BCUT2D eigenvalue weighted by Gasteiger charge is 2.13. The summed E-state index contributed by atoms with van der Waals surface area (Å²) in [6, 6.07) is 0. The summed E-state index contributed by atoms with van der Waals surface area (Å²) in [7, 11) is 0. The molecule has 0 bridgehead atoms. The average Bonchev–Trinajstić information content (AvgIpc) is 2.07. The molecule has 0 aromatic heterocycles. The largest absolute Gasteiger partial charge is 0.294 e. The van der Waals surface area contributed by atoms with Gasteiger partial charge in [-0.2, -0.15) is 0 Å². The van der Waals surface area contributed by atoms with Crippen LogP contribution < -0.4 is 0 Å². The highest BCUT2D eigenvalue weighted by Crippen LogP contribution is 2.17. The third-order valence-electron chi connectivity index (χ3n) is 1.95. The molecule has 1 aliphatic carbocycles. The molecule has 0 aromatic carbocycles. The van der Waals surface area contributed by atoms with Gasteiger partial charge in [0.05, 0.1) is 0 Å². The minimum absolute atomic E-state index is 0.167. The number of carbonyl (C=O) groups excluding carboxylic acids is 1. The van der Waals surface area contributed by atoms with Crippen molar-refractivity contribution < 1.29 is 4.79 Å². The number of allylic oxidation sites excluding steroid dienone is 4. The summed E-state index contributed by atoms with van der Waals surface area (Å²) < 4.78 is 0. The maximum Gasteiger partial charge on any atom is 0.162 e. The second-order valence-electron chi connectivity index (χ2n) is 2.87. The van der Waals surface area contributed by atoms with Gasteiger partial charge < -0.3 is 0 Å². The lowest BCUT2D eigenvalue weighted by molar-refractivity contribution is -0.117. The van der Waals surface area contributed by atoms with Crippen LogP contribution in [0.1, 0.15) is 26.2 Å². The topological polar surface area (TPSA) is 17.1 Å². The molecule has 11 heavy (non-hydrogen) atoms. The fourth-order valence-corrected chi connectivity index (χ4v) is 1.34. The predicted octanol–water partition coefficient (Wildman–Crippen LogP) is 2.49. The average molecular weight is 150 g/mol. The quantitative estimate of drug-likeness (QED) is 0.436. The number of rotatable bonds is 2. The minimum atomic E-state index is 0.167. The third kappa shape index (κ3) is 2.34. The Morgan fingerprint density at radius 1 is 1.64 bits per heavy atom. The lowest BCUT2D eigenvalue weighted by Crippen LogP contribution is -2.11. The van der Waals surface area contributed by atoms with E-state index < -0.39 is 0 Å². The van der Waals surface area contributed by atoms with Crippen molar-refractivity contribution in [1.29, 1.82) is 0 Å². The molecule has 1 nitrogen and oxygen atoms in total. The highest BCUT2D eigenvalue weighted by atomic mass is 16.1. The number of hydrogen-bond donors (Lipinski definition) is 0. The normalized spacial score (nSPS) is 24.3. The number of carbonyl (C=O) groups is 1. The Morgan fingerprint density at radius 2 is 2.45 bits per heavy atom. The van der Waals surface area contributed by atoms with Crippen LogP contribution in [0.3, 0.4) is 0 Å². The molecule has 0 aromatic rings. The van der Waals surface area contributed by atoms with E-state index in [1.807, 2.05) is 19.1 Å². The van der Waals surface area contributed by atoms with E-state index in [0.29, 0.717) is 0 Å². The van der Waals surface area contributed by atoms with E-state index in [-0.39, 0.29) is 11.7 Å². The molecule has 60 valence electrons. The maximum atomic E-state index is 11.3. The van der Waals surface area contributed by atoms with Gasteiger partial charge in [-0.15, -0.1) is 0 Å². The zero-order valence-electron chi connectivity index (χ0n) is 6.92. The van der Waals surface area contributed by atoms with Gasteiger partial charge in [0.1, 0.15) is 0 Å². The molecule has 1 heteroatoms. The van der Waals surface area contributed by atoms with Crippen LogP contribution in [0.2, 0.25) is 0 Å². The van der Waals surface area contributed by atoms with Crippen LogP contribution in [0.4, 0.5) is 0 Å². The molecule has 0 fully saturated rings. The lowest BCUT2D eigenvalue weighted by Gasteiger charge is -2.12. The molecule has 0 radical (unpaired) electrons. The molecule has 0 heterocycles. The zero-order valence-corrected chi connectivity index (χ0v) is 6.92. The van der Waals surface area contributed by atoms with E-state index in [1.54, 1.807) is 6.08 Å². The molecule has 1 rings (SSSR count). The SMILES string of the molecule is C/C=C/C(=O)[C@@H]1C=CCCC1. The minimum Gasteiger partial charge on any atom is -0.294 e. The van der Waals surface area contributed by atoms with E-state index >= 15 is 0 Å². The van der Waals surface area contributed by atoms with E-state index in [1.165, 1.54) is 0 Å². The second kappa shape index (κ2) is 4.12. The van der Waals surface area contributed by atoms with Gasteiger partial charge in [-0.05, 0) is 32.3 Å². The molecule has 0 aliphatic heterocycles. The lowest BCUT2D eigenvalue weighted by atomic mass is 9.92. The molecule has 0 N–H and O–H groups in total. The smallest absolute Gasteiger partial charge is 0.162 e. The first-order chi connectivity index (χ1) is 5.34. The van der Waals surface area contributed by atoms with E-state index in [9.17, 15) is 4.79 Å². The first-order valence-electron chi connectivity index (χ1n) is 4.18. The first kappa shape index (κ1) is 8.25. The maximum absolute atomic E-state index is 11.3. The molecule has 0 saturated carbocycles. The summed E-state index contributed by atoms with van der Waals surface area (Å²) in [6.07, 6.45) is 10.9. The van der Waals surface area contributed by atoms with Crippen LogP contribution in [0.5, 0.6) is 0 Å². The van der Waals surface area contributed by atoms with Crippen molar-refractivity contribution in [3.05, 3.63) is 24.3 Å². The molecule has 1 aliphatic rings. The molecule has 0 amide bonds. The zero-order chi connectivity index (χ0) is 8.10. The Hall–Kier alpha value is -0.850. The van der Waals surface area contributed by atoms with Crippen molar-refractivity contribution in [2.45, 2.75) is 26.2 Å².